The van der Waals surface area contributed by atoms with Gasteiger partial charge in [-0.25, -0.2) is 4.98 Å². The van der Waals surface area contributed by atoms with Gasteiger partial charge in [0.2, 0.25) is 5.16 Å². The summed E-state index contributed by atoms with van der Waals surface area (Å²) in [4.78, 5) is 18.8. The van der Waals surface area contributed by atoms with Crippen LogP contribution in [0.15, 0.2) is 23.5 Å². The van der Waals surface area contributed by atoms with Gasteiger partial charge in [0.05, 0.1) is 5.75 Å². The fourth-order valence-corrected chi connectivity index (χ4v) is 1.81. The summed E-state index contributed by atoms with van der Waals surface area (Å²) < 4.78 is 0. The fraction of sp³-hybridized carbons (Fsp3) is 0.200. The number of aliphatic carboxylic acids is 1. The number of nitrogens with zero attached hydrogens (tertiary/aromatic N) is 3. The molecule has 0 atom stereocenters. The van der Waals surface area contributed by atoms with Crippen LogP contribution in [0.5, 0.6) is 0 Å². The van der Waals surface area contributed by atoms with E-state index in [4.69, 9.17) is 5.11 Å². The lowest BCUT2D eigenvalue weighted by Gasteiger charge is -1.98. The molecule has 2 rings (SSSR count). The minimum atomic E-state index is -0.890. The average Bonchev–Trinajstić information content (AvgIpc) is 2.75. The topological polar surface area (TPSA) is 91.8 Å². The van der Waals surface area contributed by atoms with Crippen LogP contribution in [0.2, 0.25) is 0 Å². The summed E-state index contributed by atoms with van der Waals surface area (Å²) in [6.07, 6.45) is 1.70. The number of aromatic amines is 1. The lowest BCUT2D eigenvalue weighted by atomic mass is 10.2. The van der Waals surface area contributed by atoms with Crippen molar-refractivity contribution in [2.24, 2.45) is 0 Å². The molecule has 2 N–H and O–H groups in total. The molecule has 0 amide bonds. The summed E-state index contributed by atoms with van der Waals surface area (Å²) in [6, 6.07) is 3.70. The number of hydrogen-bond acceptors (Lipinski definition) is 5. The quantitative estimate of drug-likeness (QED) is 0.796. The number of hydrogen-bond donors (Lipinski definition) is 2. The summed E-state index contributed by atoms with van der Waals surface area (Å²) in [5.41, 5.74) is 1.71. The predicted octanol–water partition coefficient (Wildman–Crippen LogP) is 1.35. The number of aryl methyl sites for hydroxylation is 1. The zero-order valence-electron chi connectivity index (χ0n) is 9.04. The first-order valence-electron chi connectivity index (χ1n) is 4.86. The van der Waals surface area contributed by atoms with Crippen LogP contribution in [0.4, 0.5) is 0 Å². The highest BCUT2D eigenvalue weighted by Crippen LogP contribution is 2.20. The largest absolute Gasteiger partial charge is 0.481 e. The summed E-state index contributed by atoms with van der Waals surface area (Å²) in [7, 11) is 0. The van der Waals surface area contributed by atoms with Crippen LogP contribution in [-0.2, 0) is 4.79 Å². The van der Waals surface area contributed by atoms with Crippen LogP contribution in [0.3, 0.4) is 0 Å². The van der Waals surface area contributed by atoms with Crippen LogP contribution < -0.4 is 0 Å². The number of rotatable bonds is 4. The van der Waals surface area contributed by atoms with E-state index in [1.165, 1.54) is 0 Å². The third-order valence-electron chi connectivity index (χ3n) is 2.05. The lowest BCUT2D eigenvalue weighted by molar-refractivity contribution is -0.133. The molecule has 2 aromatic rings. The molecular weight excluding hydrogens is 240 g/mol. The maximum absolute atomic E-state index is 10.4. The number of carboxylic acids is 1. The summed E-state index contributed by atoms with van der Waals surface area (Å²) in [5.74, 6) is -0.342. The minimum absolute atomic E-state index is 0.0523. The third kappa shape index (κ3) is 2.82. The summed E-state index contributed by atoms with van der Waals surface area (Å²) in [6.45, 7) is 1.88. The van der Waals surface area contributed by atoms with Gasteiger partial charge in [-0.1, -0.05) is 11.8 Å². The Bertz CT molecular complexity index is 541. The van der Waals surface area contributed by atoms with Gasteiger partial charge < -0.3 is 5.11 Å². The van der Waals surface area contributed by atoms with Crippen LogP contribution in [0.25, 0.3) is 11.4 Å². The molecule has 0 aliphatic carbocycles. The molecule has 0 saturated heterocycles. The monoisotopic (exact) mass is 250 g/mol. The van der Waals surface area contributed by atoms with Crippen LogP contribution >= 0.6 is 11.8 Å². The Morgan fingerprint density at radius 2 is 2.41 bits per heavy atom. The Hall–Kier alpha value is -1.89. The van der Waals surface area contributed by atoms with Crippen molar-refractivity contribution in [2.75, 3.05) is 5.75 Å². The highest BCUT2D eigenvalue weighted by molar-refractivity contribution is 7.99. The number of aromatic nitrogens is 4. The Morgan fingerprint density at radius 3 is 3.12 bits per heavy atom. The van der Waals surface area contributed by atoms with Crippen molar-refractivity contribution < 1.29 is 9.90 Å². The smallest absolute Gasteiger partial charge is 0.313 e. The molecule has 2 heterocycles. The van der Waals surface area contributed by atoms with Crippen molar-refractivity contribution in [1.29, 1.82) is 0 Å². The maximum atomic E-state index is 10.4. The Balaban J connectivity index is 2.18. The summed E-state index contributed by atoms with van der Waals surface area (Å²) >= 11 is 1.08. The lowest BCUT2D eigenvalue weighted by Crippen LogP contribution is -1.97. The van der Waals surface area contributed by atoms with Crippen molar-refractivity contribution in [3.63, 3.8) is 0 Å². The molecule has 7 heteroatoms. The van der Waals surface area contributed by atoms with Crippen molar-refractivity contribution >= 4 is 17.7 Å². The molecule has 0 saturated carbocycles. The third-order valence-corrected chi connectivity index (χ3v) is 2.88. The molecule has 0 bridgehead atoms. The first-order chi connectivity index (χ1) is 8.16. The van der Waals surface area contributed by atoms with E-state index in [1.54, 1.807) is 6.20 Å². The van der Waals surface area contributed by atoms with E-state index in [2.05, 4.69) is 20.2 Å². The van der Waals surface area contributed by atoms with Crippen molar-refractivity contribution in [2.45, 2.75) is 12.1 Å². The van der Waals surface area contributed by atoms with E-state index < -0.39 is 5.97 Å². The van der Waals surface area contributed by atoms with E-state index in [0.717, 1.165) is 23.0 Å². The molecule has 0 spiro atoms. The van der Waals surface area contributed by atoms with Gasteiger partial charge in [0.15, 0.2) is 5.82 Å². The number of pyridine rings is 1. The zero-order chi connectivity index (χ0) is 12.3. The van der Waals surface area contributed by atoms with E-state index in [9.17, 15) is 4.79 Å². The molecule has 88 valence electrons. The number of nitrogens with one attached hydrogen (secondary N) is 1. The van der Waals surface area contributed by atoms with Crippen LogP contribution in [-0.4, -0.2) is 37.0 Å². The predicted molar refractivity (Wildman–Crippen MR) is 62.7 cm³/mol. The molecule has 0 aliphatic heterocycles. The molecular formula is C10H10N4O2S. The van der Waals surface area contributed by atoms with Crippen molar-refractivity contribution in [3.8, 4) is 11.4 Å². The Labute approximate surface area is 101 Å². The number of H-pyrrole nitrogens is 1. The molecule has 6 nitrogen and oxygen atoms in total. The van der Waals surface area contributed by atoms with Gasteiger partial charge in [-0.05, 0) is 19.1 Å². The zero-order valence-corrected chi connectivity index (χ0v) is 9.86. The average molecular weight is 250 g/mol. The van der Waals surface area contributed by atoms with Gasteiger partial charge in [-0.15, -0.1) is 5.10 Å². The second-order valence-corrected chi connectivity index (χ2v) is 4.23. The number of carboxylic acid groups (broad SMARTS) is 1. The SMILES string of the molecule is Cc1ncccc1-c1nc(SCC(=O)O)n[nH]1. The second kappa shape index (κ2) is 4.96. The van der Waals surface area contributed by atoms with Crippen LogP contribution in [0.1, 0.15) is 5.69 Å². The van der Waals surface area contributed by atoms with Gasteiger partial charge in [-0.2, -0.15) is 0 Å². The first kappa shape index (κ1) is 11.6. The van der Waals surface area contributed by atoms with Crippen molar-refractivity contribution in [3.05, 3.63) is 24.0 Å². The molecule has 17 heavy (non-hydrogen) atoms. The van der Waals surface area contributed by atoms with E-state index >= 15 is 0 Å². The molecule has 2 aromatic heterocycles. The fourth-order valence-electron chi connectivity index (χ4n) is 1.29. The highest BCUT2D eigenvalue weighted by Gasteiger charge is 2.09. The Kier molecular flexibility index (Phi) is 3.38. The molecule has 0 fully saturated rings. The first-order valence-corrected chi connectivity index (χ1v) is 5.84. The van der Waals surface area contributed by atoms with Crippen molar-refractivity contribution in [1.82, 2.24) is 20.2 Å². The van der Waals surface area contributed by atoms with Gasteiger partial charge in [0, 0.05) is 17.5 Å². The Morgan fingerprint density at radius 1 is 1.59 bits per heavy atom. The standard InChI is InChI=1S/C10H10N4O2S/c1-6-7(3-2-4-11-6)9-12-10(14-13-9)17-5-8(15)16/h2-4H,5H2,1H3,(H,15,16)(H,12,13,14). The second-order valence-electron chi connectivity index (χ2n) is 3.29. The van der Waals surface area contributed by atoms with E-state index in [1.807, 2.05) is 19.1 Å². The molecule has 0 radical (unpaired) electrons. The molecule has 0 aromatic carbocycles. The maximum Gasteiger partial charge on any atom is 0.313 e. The van der Waals surface area contributed by atoms with Gasteiger partial charge in [-0.3, -0.25) is 14.9 Å². The van der Waals surface area contributed by atoms with Gasteiger partial charge in [0.25, 0.3) is 0 Å². The molecule has 0 aliphatic rings. The van der Waals surface area contributed by atoms with Crippen LogP contribution in [0, 0.1) is 6.92 Å². The van der Waals surface area contributed by atoms with E-state index in [0.29, 0.717) is 11.0 Å². The molecule has 0 unspecified atom stereocenters. The van der Waals surface area contributed by atoms with Gasteiger partial charge in [0.1, 0.15) is 0 Å². The van der Waals surface area contributed by atoms with E-state index in [-0.39, 0.29) is 5.75 Å². The normalized spacial score (nSPS) is 10.4. The summed E-state index contributed by atoms with van der Waals surface area (Å²) in [5, 5.41) is 15.7. The minimum Gasteiger partial charge on any atom is -0.481 e. The number of thioether (sulfide) groups is 1. The highest BCUT2D eigenvalue weighted by atomic mass is 32.2. The number of carbonyl (C=O) groups is 1. The van der Waals surface area contributed by atoms with Gasteiger partial charge >= 0.3 is 5.97 Å².